The number of fused-ring (bicyclic) bond motifs is 8. The number of nitrogen functional groups attached to an aromatic ring is 1. The Labute approximate surface area is 495 Å². The number of nitrogens with two attached hydrogens (primary N) is 1. The van der Waals surface area contributed by atoms with Crippen LogP contribution in [0, 0.1) is 24.1 Å². The number of ether oxygens (including phenoxy) is 2. The molecule has 3 atom stereocenters. The van der Waals surface area contributed by atoms with Crippen LogP contribution in [-0.2, 0) is 22.7 Å². The largest absolute Gasteiger partial charge is 0.497 e. The van der Waals surface area contributed by atoms with Crippen molar-refractivity contribution in [2.24, 2.45) is 4.99 Å². The molecule has 4 aromatic carbocycles. The molecule has 0 aliphatic carbocycles. The van der Waals surface area contributed by atoms with Gasteiger partial charge in [-0.1, -0.05) is 79.2 Å². The predicted molar refractivity (Wildman–Crippen MR) is 319 cm³/mol. The fourth-order valence-corrected chi connectivity index (χ4v) is 12.2. The number of piperazine rings is 1. The van der Waals surface area contributed by atoms with Gasteiger partial charge < -0.3 is 34.8 Å². The average Bonchev–Trinajstić information content (AvgIpc) is 4.09. The third kappa shape index (κ3) is 12.7. The number of anilines is 2. The van der Waals surface area contributed by atoms with Gasteiger partial charge in [-0.2, -0.15) is 10.4 Å². The molecule has 20 heteroatoms. The number of amides is 4. The SMILES string of the molecule is COc1ccc(C2=N[C@@H](c3ccc(C)cc3)[C@@H](c3ccc(Cl)cc3)N2C(=O)N2CCN(CCCCCCCCC(=O)CCCn3nc(C#N)c4c3CN(C)C(=O)c3ccc(F)cc3[C@H]3CCCN3c3nc-4cnc3N)C(=O)C2)c(OC(C)C)c1. The maximum absolute atomic E-state index is 15.2. The monoisotopic (exact) mass is 1160 g/mol. The highest BCUT2D eigenvalue weighted by molar-refractivity contribution is 6.30. The molecule has 2 saturated heterocycles. The summed E-state index contributed by atoms with van der Waals surface area (Å²) in [5, 5.41) is 15.6. The summed E-state index contributed by atoms with van der Waals surface area (Å²) in [6.07, 6.45) is 9.32. The highest BCUT2D eigenvalue weighted by Gasteiger charge is 2.46. The maximum atomic E-state index is 15.2. The van der Waals surface area contributed by atoms with E-state index in [1.54, 1.807) is 33.5 Å². The number of nitrogens with zero attached hydrogens (tertiary/aromatic N) is 11. The molecule has 2 N–H and O–H groups in total. The number of aliphatic imine (C=N–C) groups is 1. The molecule has 0 spiro atoms. The van der Waals surface area contributed by atoms with Crippen LogP contribution in [0.2, 0.25) is 5.02 Å². The van der Waals surface area contributed by atoms with E-state index >= 15 is 4.79 Å². The molecule has 4 amide bonds. The number of rotatable bonds is 19. The first-order valence-corrected chi connectivity index (χ1v) is 29.5. The Morgan fingerprint density at radius 3 is 2.33 bits per heavy atom. The molecule has 4 aliphatic rings. The van der Waals surface area contributed by atoms with Crippen LogP contribution < -0.4 is 20.1 Å². The Bertz CT molecular complexity index is 3490. The minimum atomic E-state index is -0.565. The minimum Gasteiger partial charge on any atom is -0.497 e. The molecule has 438 valence electrons. The summed E-state index contributed by atoms with van der Waals surface area (Å²) >= 11 is 6.42. The van der Waals surface area contributed by atoms with Crippen molar-refractivity contribution in [1.82, 2.24) is 39.3 Å². The second-order valence-corrected chi connectivity index (χ2v) is 23.0. The summed E-state index contributed by atoms with van der Waals surface area (Å²) in [6.45, 7) is 8.15. The Balaban J connectivity index is 0.717. The van der Waals surface area contributed by atoms with Gasteiger partial charge >= 0.3 is 6.03 Å². The molecule has 0 unspecified atom stereocenters. The van der Waals surface area contributed by atoms with Crippen molar-refractivity contribution < 1.29 is 33.0 Å². The first-order valence-electron chi connectivity index (χ1n) is 29.2. The number of ketones is 1. The molecule has 2 bridgehead atoms. The number of aromatic nitrogens is 4. The Hall–Kier alpha value is -8.37. The summed E-state index contributed by atoms with van der Waals surface area (Å²) in [4.78, 5) is 80.0. The fraction of sp³-hybridized carbons (Fsp3) is 0.422. The van der Waals surface area contributed by atoms with Gasteiger partial charge in [0.2, 0.25) is 5.91 Å². The van der Waals surface area contributed by atoms with Crippen molar-refractivity contribution in [3.8, 4) is 28.8 Å². The van der Waals surface area contributed by atoms with E-state index in [1.807, 2.05) is 97.3 Å². The van der Waals surface area contributed by atoms with Crippen molar-refractivity contribution >= 4 is 52.7 Å². The second-order valence-electron chi connectivity index (χ2n) is 22.5. The van der Waals surface area contributed by atoms with Crippen LogP contribution in [0.3, 0.4) is 0 Å². The van der Waals surface area contributed by atoms with Gasteiger partial charge in [-0.15, -0.1) is 0 Å². The van der Waals surface area contributed by atoms with E-state index in [4.69, 9.17) is 36.8 Å². The number of hydrogen-bond acceptors (Lipinski definition) is 13. The number of Topliss-reactive ketones (excluding diaryl/α,β-unsaturated/α-hetero) is 1. The number of benzene rings is 4. The lowest BCUT2D eigenvalue weighted by Crippen LogP contribution is -2.56. The van der Waals surface area contributed by atoms with Crippen LogP contribution in [0.25, 0.3) is 11.3 Å². The summed E-state index contributed by atoms with van der Waals surface area (Å²) < 4.78 is 28.5. The van der Waals surface area contributed by atoms with Crippen molar-refractivity contribution in [1.29, 1.82) is 5.26 Å². The number of methoxy groups -OCH3 is 1. The first kappa shape index (κ1) is 58.8. The molecule has 2 aromatic heterocycles. The molecule has 18 nitrogen and oxygen atoms in total. The number of hydrogen-bond donors (Lipinski definition) is 1. The zero-order chi connectivity index (χ0) is 59.2. The third-order valence-corrected chi connectivity index (χ3v) is 16.6. The van der Waals surface area contributed by atoms with E-state index in [2.05, 4.69) is 16.2 Å². The number of carbonyl (C=O) groups excluding carboxylic acids is 4. The van der Waals surface area contributed by atoms with Crippen LogP contribution in [-0.4, -0.2) is 122 Å². The van der Waals surface area contributed by atoms with Crippen molar-refractivity contribution in [2.75, 3.05) is 57.5 Å². The van der Waals surface area contributed by atoms with Crippen LogP contribution in [0.1, 0.15) is 152 Å². The molecule has 2 fully saturated rings. The quantitative estimate of drug-likeness (QED) is 0.0751. The molecule has 6 aromatic rings. The third-order valence-electron chi connectivity index (χ3n) is 16.3. The number of amidine groups is 1. The van der Waals surface area contributed by atoms with E-state index in [0.717, 1.165) is 61.6 Å². The number of halogens is 2. The molecule has 84 heavy (non-hydrogen) atoms. The summed E-state index contributed by atoms with van der Waals surface area (Å²) in [6, 6.07) is 25.9. The number of urea groups is 1. The molecule has 4 aliphatic heterocycles. The average molecular weight is 1160 g/mol. The number of nitriles is 1. The predicted octanol–water partition coefficient (Wildman–Crippen LogP) is 11.2. The number of carbonyl (C=O) groups is 4. The van der Waals surface area contributed by atoms with Gasteiger partial charge in [-0.05, 0) is 112 Å². The van der Waals surface area contributed by atoms with Gasteiger partial charge in [0.15, 0.2) is 17.3 Å². The lowest BCUT2D eigenvalue weighted by Gasteiger charge is -2.38. The number of unbranched alkanes of at least 4 members (excludes halogenated alkanes) is 5. The smallest absolute Gasteiger partial charge is 0.326 e. The van der Waals surface area contributed by atoms with Gasteiger partial charge in [0, 0.05) is 69.3 Å². The van der Waals surface area contributed by atoms with Crippen molar-refractivity contribution in [3.05, 3.63) is 147 Å². The first-order chi connectivity index (χ1) is 40.6. The van der Waals surface area contributed by atoms with E-state index < -0.39 is 17.9 Å². The van der Waals surface area contributed by atoms with Gasteiger partial charge in [0.05, 0.1) is 60.6 Å². The van der Waals surface area contributed by atoms with Crippen LogP contribution >= 0.6 is 11.6 Å². The zero-order valence-corrected chi connectivity index (χ0v) is 49.2. The molecule has 0 saturated carbocycles. The van der Waals surface area contributed by atoms with Crippen LogP contribution in [0.15, 0.2) is 96.1 Å². The Morgan fingerprint density at radius 2 is 1.60 bits per heavy atom. The zero-order valence-electron chi connectivity index (χ0n) is 48.4. The highest BCUT2D eigenvalue weighted by Crippen LogP contribution is 2.47. The molecular weight excluding hydrogens is 1090 g/mol. The fourth-order valence-electron chi connectivity index (χ4n) is 12.0. The highest BCUT2D eigenvalue weighted by atomic mass is 35.5. The van der Waals surface area contributed by atoms with Crippen molar-refractivity contribution in [2.45, 2.75) is 129 Å². The van der Waals surface area contributed by atoms with Crippen LogP contribution in [0.4, 0.5) is 20.8 Å². The summed E-state index contributed by atoms with van der Waals surface area (Å²) in [5.74, 6) is 1.43. The molecule has 6 heterocycles. The van der Waals surface area contributed by atoms with Crippen molar-refractivity contribution in [3.63, 3.8) is 0 Å². The topological polar surface area (TPSA) is 209 Å². The normalized spacial score (nSPS) is 17.8. The molecule has 10 rings (SSSR count). The Morgan fingerprint density at radius 1 is 0.869 bits per heavy atom. The van der Waals surface area contributed by atoms with E-state index in [-0.39, 0.29) is 60.4 Å². The van der Waals surface area contributed by atoms with Gasteiger partial charge in [0.25, 0.3) is 5.91 Å². The lowest BCUT2D eigenvalue weighted by atomic mass is 9.93. The minimum absolute atomic E-state index is 0.0682. The summed E-state index contributed by atoms with van der Waals surface area (Å²) in [7, 11) is 3.27. The van der Waals surface area contributed by atoms with E-state index in [1.165, 1.54) is 24.4 Å². The Kier molecular flexibility index (Phi) is 18.2. The van der Waals surface area contributed by atoms with Gasteiger partial charge in [0.1, 0.15) is 47.6 Å². The van der Waals surface area contributed by atoms with E-state index in [9.17, 15) is 24.0 Å². The van der Waals surface area contributed by atoms with Gasteiger partial charge in [-0.25, -0.2) is 19.2 Å². The maximum Gasteiger partial charge on any atom is 0.326 e. The second kappa shape index (κ2) is 26.0. The standard InChI is InChI=1S/C64H72ClFN12O6/c1-40(2)84-55-35-47(83-5)26-28-49(55)61-71-58(42-19-17-41(3)18-20-42)59(43-21-23-44(65)24-22-43)78(61)64(82)75-33-32-74(56(80)39-75)29-11-9-7-6-8-10-14-46(79)15-12-31-77-54-38-73(4)63(81)48-27-25-45(66)34-50(48)53-16-13-30-76(53)62-60(68)69-37-52(70-62)57(54)51(36-67)72-77/h17-28,34-35,37,40,53,58-59H,6-16,29-33,38-39H2,1-5H3,(H2,68,69)/t53-,58+,59-/m1/s1. The van der Waals surface area contributed by atoms with Gasteiger partial charge in [-0.3, -0.25) is 29.0 Å². The molecular formula is C64H72ClFN12O6. The number of aryl methyl sites for hydroxylation is 2. The summed E-state index contributed by atoms with van der Waals surface area (Å²) in [5.41, 5.74) is 12.4. The van der Waals surface area contributed by atoms with Crippen LogP contribution in [0.5, 0.6) is 11.5 Å². The lowest BCUT2D eigenvalue weighted by molar-refractivity contribution is -0.135. The molecule has 0 radical (unpaired) electrons. The van der Waals surface area contributed by atoms with E-state index in [0.29, 0.717) is 120 Å².